The van der Waals surface area contributed by atoms with Crippen LogP contribution in [0.5, 0.6) is 5.75 Å². The van der Waals surface area contributed by atoms with Crippen molar-refractivity contribution in [3.63, 3.8) is 0 Å². The number of ether oxygens (including phenoxy) is 1. The molecule has 0 heterocycles. The number of nitrogens with zero attached hydrogens (tertiary/aromatic N) is 2. The Morgan fingerprint density at radius 3 is 2.48 bits per heavy atom. The number of aliphatic imine (C=N–C) groups is 1. The molecule has 1 aromatic rings. The first-order valence-corrected chi connectivity index (χ1v) is 12.1. The van der Waals surface area contributed by atoms with Gasteiger partial charge < -0.3 is 25.8 Å². The van der Waals surface area contributed by atoms with E-state index in [4.69, 9.17) is 15.5 Å². The van der Waals surface area contributed by atoms with Crippen molar-refractivity contribution in [2.24, 2.45) is 10.7 Å². The number of hydrogen-bond acceptors (Lipinski definition) is 5. The van der Waals surface area contributed by atoms with Gasteiger partial charge in [0.05, 0.1) is 26.0 Å². The molecular formula is C27H44N4O2. The molecular weight excluding hydrogens is 412 g/mol. The van der Waals surface area contributed by atoms with Crippen LogP contribution in [0.25, 0.3) is 0 Å². The predicted molar refractivity (Wildman–Crippen MR) is 140 cm³/mol. The molecule has 184 valence electrons. The van der Waals surface area contributed by atoms with Crippen molar-refractivity contribution in [3.05, 3.63) is 65.8 Å². The number of nitrogens with one attached hydrogen (secondary N) is 1. The zero-order valence-corrected chi connectivity index (χ0v) is 21.1. The zero-order chi connectivity index (χ0) is 24.6. The Morgan fingerprint density at radius 2 is 1.91 bits per heavy atom. The minimum atomic E-state index is -0.0302. The molecule has 0 unspecified atom stereocenters. The van der Waals surface area contributed by atoms with Crippen molar-refractivity contribution < 1.29 is 9.84 Å². The summed E-state index contributed by atoms with van der Waals surface area (Å²) in [5.74, 6) is 2.06. The lowest BCUT2D eigenvalue weighted by Crippen LogP contribution is -2.26. The number of benzene rings is 1. The third-order valence-electron chi connectivity index (χ3n) is 5.33. The molecule has 33 heavy (non-hydrogen) atoms. The van der Waals surface area contributed by atoms with Crippen LogP contribution >= 0.6 is 0 Å². The van der Waals surface area contributed by atoms with Gasteiger partial charge in [0.2, 0.25) is 0 Å². The van der Waals surface area contributed by atoms with Crippen molar-refractivity contribution in [2.75, 3.05) is 13.7 Å². The molecule has 0 fully saturated rings. The van der Waals surface area contributed by atoms with Gasteiger partial charge in [-0.05, 0) is 42.7 Å². The number of amidine groups is 1. The fourth-order valence-electron chi connectivity index (χ4n) is 3.58. The topological polar surface area (TPSA) is 83.1 Å². The predicted octanol–water partition coefficient (Wildman–Crippen LogP) is 5.60. The molecule has 1 rings (SSSR count). The lowest BCUT2D eigenvalue weighted by molar-refractivity contribution is 0.280. The van der Waals surface area contributed by atoms with Crippen molar-refractivity contribution >= 4 is 5.84 Å². The van der Waals surface area contributed by atoms with E-state index in [2.05, 4.69) is 44.1 Å². The molecule has 6 nitrogen and oxygen atoms in total. The molecule has 0 bridgehead atoms. The Bertz CT molecular complexity index is 814. The molecule has 0 aromatic heterocycles. The molecule has 0 aliphatic rings. The van der Waals surface area contributed by atoms with E-state index in [1.54, 1.807) is 13.3 Å². The summed E-state index contributed by atoms with van der Waals surface area (Å²) in [4.78, 5) is 6.85. The third kappa shape index (κ3) is 9.34. The fraction of sp³-hybridized carbons (Fsp3) is 0.519. The molecule has 0 amide bonds. The second-order valence-corrected chi connectivity index (χ2v) is 8.15. The lowest BCUT2D eigenvalue weighted by Gasteiger charge is -2.28. The third-order valence-corrected chi connectivity index (χ3v) is 5.33. The highest BCUT2D eigenvalue weighted by Gasteiger charge is 2.19. The van der Waals surface area contributed by atoms with Crippen LogP contribution in [-0.2, 0) is 13.2 Å². The van der Waals surface area contributed by atoms with Gasteiger partial charge in [0.1, 0.15) is 11.6 Å². The van der Waals surface area contributed by atoms with Gasteiger partial charge in [-0.15, -0.1) is 0 Å². The Hall–Kier alpha value is -2.73. The van der Waals surface area contributed by atoms with Gasteiger partial charge in [-0.2, -0.15) is 0 Å². The smallest absolute Gasteiger partial charge is 0.152 e. The van der Waals surface area contributed by atoms with Crippen LogP contribution in [-0.4, -0.2) is 29.5 Å². The Labute approximate surface area is 200 Å². The molecule has 1 aromatic carbocycles. The van der Waals surface area contributed by atoms with Crippen molar-refractivity contribution in [2.45, 2.75) is 78.9 Å². The molecule has 0 aliphatic heterocycles. The number of aliphatic hydroxyl groups excluding tert-OH is 1. The summed E-state index contributed by atoms with van der Waals surface area (Å²) in [6, 6.07) is 5.75. The van der Waals surface area contributed by atoms with Crippen LogP contribution in [0, 0.1) is 0 Å². The van der Waals surface area contributed by atoms with E-state index in [9.17, 15) is 5.11 Å². The first kappa shape index (κ1) is 28.3. The van der Waals surface area contributed by atoms with Crippen molar-refractivity contribution in [1.82, 2.24) is 10.2 Å². The average Bonchev–Trinajstić information content (AvgIpc) is 2.81. The summed E-state index contributed by atoms with van der Waals surface area (Å²) in [5.41, 5.74) is 9.92. The number of unbranched alkanes of at least 4 members (excludes halogenated alkanes) is 2. The van der Waals surface area contributed by atoms with E-state index >= 15 is 0 Å². The van der Waals surface area contributed by atoms with Crippen molar-refractivity contribution in [1.29, 1.82) is 0 Å². The van der Waals surface area contributed by atoms with E-state index in [0.29, 0.717) is 12.4 Å². The maximum Gasteiger partial charge on any atom is 0.152 e. The Kier molecular flexibility index (Phi) is 13.7. The lowest BCUT2D eigenvalue weighted by atomic mass is 10.1. The summed E-state index contributed by atoms with van der Waals surface area (Å²) < 4.78 is 5.60. The van der Waals surface area contributed by atoms with Crippen LogP contribution in [0.3, 0.4) is 0 Å². The van der Waals surface area contributed by atoms with Gasteiger partial charge in [-0.3, -0.25) is 0 Å². The number of methoxy groups -OCH3 is 1. The van der Waals surface area contributed by atoms with E-state index in [-0.39, 0.29) is 6.61 Å². The van der Waals surface area contributed by atoms with E-state index in [1.165, 1.54) is 0 Å². The molecule has 0 saturated heterocycles. The summed E-state index contributed by atoms with van der Waals surface area (Å²) in [7, 11) is 1.64. The number of aliphatic hydroxyl groups is 1. The molecule has 4 N–H and O–H groups in total. The Balaban J connectivity index is 3.50. The summed E-state index contributed by atoms with van der Waals surface area (Å²) in [6.45, 7) is 16.2. The first-order chi connectivity index (χ1) is 15.9. The highest BCUT2D eigenvalue weighted by Crippen LogP contribution is 2.28. The van der Waals surface area contributed by atoms with Crippen LogP contribution < -0.4 is 15.8 Å². The van der Waals surface area contributed by atoms with E-state index in [0.717, 1.165) is 85.5 Å². The van der Waals surface area contributed by atoms with Crippen LogP contribution in [0.4, 0.5) is 0 Å². The monoisotopic (exact) mass is 456 g/mol. The van der Waals surface area contributed by atoms with Gasteiger partial charge in [-0.1, -0.05) is 65.3 Å². The normalized spacial score (nSPS) is 12.2. The second-order valence-electron chi connectivity index (χ2n) is 8.15. The largest absolute Gasteiger partial charge is 0.496 e. The highest BCUT2D eigenvalue weighted by atomic mass is 16.5. The molecule has 0 atom stereocenters. The summed E-state index contributed by atoms with van der Waals surface area (Å²) in [6.07, 6.45) is 8.64. The fourth-order valence-corrected chi connectivity index (χ4v) is 3.58. The minimum Gasteiger partial charge on any atom is -0.496 e. The first-order valence-electron chi connectivity index (χ1n) is 12.1. The van der Waals surface area contributed by atoms with Gasteiger partial charge in [0, 0.05) is 18.5 Å². The maximum atomic E-state index is 9.48. The standard InChI is InChI=1S/C27H44N4O2/c1-7-11-12-17-29-27(30-25(28)14-9-3)26(21(5)13-8-2)31(10-4)19-23-16-15-22(20-32)18-24(23)33-6/h10,15-16,18,29,32H,4-5,7-9,11-14,17,19-20H2,1-3,6H3,(H2,28,30)/b27-26+. The zero-order valence-electron chi connectivity index (χ0n) is 21.1. The van der Waals surface area contributed by atoms with Crippen LogP contribution in [0.1, 0.15) is 76.8 Å². The second kappa shape index (κ2) is 16.0. The quantitative estimate of drug-likeness (QED) is 0.123. The molecule has 0 aliphatic carbocycles. The van der Waals surface area contributed by atoms with Crippen LogP contribution in [0.2, 0.25) is 0 Å². The molecule has 0 saturated carbocycles. The van der Waals surface area contributed by atoms with Gasteiger partial charge in [-0.25, -0.2) is 4.99 Å². The van der Waals surface area contributed by atoms with E-state index in [1.807, 2.05) is 18.2 Å². The van der Waals surface area contributed by atoms with Crippen molar-refractivity contribution in [3.8, 4) is 5.75 Å². The van der Waals surface area contributed by atoms with Crippen LogP contribution in [0.15, 0.2) is 59.6 Å². The van der Waals surface area contributed by atoms with Gasteiger partial charge in [0.25, 0.3) is 0 Å². The minimum absolute atomic E-state index is 0.0302. The van der Waals surface area contributed by atoms with Gasteiger partial charge in [0.15, 0.2) is 5.82 Å². The molecule has 0 spiro atoms. The Morgan fingerprint density at radius 1 is 1.18 bits per heavy atom. The number of allylic oxidation sites excluding steroid dienone is 1. The number of hydrogen-bond donors (Lipinski definition) is 3. The molecule has 6 heteroatoms. The maximum absolute atomic E-state index is 9.48. The summed E-state index contributed by atoms with van der Waals surface area (Å²) in [5, 5.41) is 13.0. The summed E-state index contributed by atoms with van der Waals surface area (Å²) >= 11 is 0. The number of rotatable bonds is 17. The van der Waals surface area contributed by atoms with Gasteiger partial charge >= 0.3 is 0 Å². The SMILES string of the molecule is C=CN(Cc1ccc(CO)cc1OC)/C(C(=C)CCC)=C(/N=C(/N)CCC)NCCCCC. The number of nitrogens with two attached hydrogens (primary N) is 1. The average molecular weight is 457 g/mol. The molecule has 0 radical (unpaired) electrons. The highest BCUT2D eigenvalue weighted by molar-refractivity contribution is 5.81. The van der Waals surface area contributed by atoms with E-state index < -0.39 is 0 Å².